The van der Waals surface area contributed by atoms with E-state index in [0.717, 1.165) is 30.4 Å². The lowest BCUT2D eigenvalue weighted by Gasteiger charge is -2.32. The second-order valence-electron chi connectivity index (χ2n) is 5.22. The van der Waals surface area contributed by atoms with E-state index in [9.17, 15) is 9.59 Å². The van der Waals surface area contributed by atoms with Gasteiger partial charge in [0.15, 0.2) is 5.70 Å². The molecule has 1 aliphatic heterocycles. The summed E-state index contributed by atoms with van der Waals surface area (Å²) in [7, 11) is 0. The molecule has 1 N–H and O–H groups in total. The van der Waals surface area contributed by atoms with Crippen LogP contribution in [-0.2, 0) is 14.3 Å². The molecule has 0 atom stereocenters. The summed E-state index contributed by atoms with van der Waals surface area (Å²) in [4.78, 5) is 24.5. The number of carbonyl (C=O) groups excluding carboxylic acids is 2. The third kappa shape index (κ3) is 3.68. The molecule has 1 heterocycles. The van der Waals surface area contributed by atoms with E-state index in [1.807, 2.05) is 0 Å². The number of hydrogen-bond acceptors (Lipinski definition) is 5. The summed E-state index contributed by atoms with van der Waals surface area (Å²) in [5, 5.41) is 1.20. The predicted octanol–water partition coefficient (Wildman–Crippen LogP) is 2.67. The van der Waals surface area contributed by atoms with Crippen molar-refractivity contribution in [1.82, 2.24) is 10.4 Å². The Hall–Kier alpha value is -1.82. The molecular formula is C16H24N2O4. The number of carbonyl (C=O) groups is 2. The van der Waals surface area contributed by atoms with Crippen molar-refractivity contribution >= 4 is 12.1 Å². The summed E-state index contributed by atoms with van der Waals surface area (Å²) in [6.07, 6.45) is 6.54. The van der Waals surface area contributed by atoms with Crippen molar-refractivity contribution < 1.29 is 19.1 Å². The minimum atomic E-state index is -0.570. The Morgan fingerprint density at radius 3 is 2.59 bits per heavy atom. The van der Waals surface area contributed by atoms with Crippen molar-refractivity contribution in [2.45, 2.75) is 46.0 Å². The molecule has 0 aromatic carbocycles. The van der Waals surface area contributed by atoms with Gasteiger partial charge in [-0.05, 0) is 57.1 Å². The van der Waals surface area contributed by atoms with E-state index in [1.54, 1.807) is 13.8 Å². The Bertz CT molecular complexity index is 496. The number of amides is 1. The van der Waals surface area contributed by atoms with Gasteiger partial charge in [-0.1, -0.05) is 6.08 Å². The van der Waals surface area contributed by atoms with Gasteiger partial charge in [0.1, 0.15) is 0 Å². The van der Waals surface area contributed by atoms with Crippen LogP contribution in [0.1, 0.15) is 46.0 Å². The molecular weight excluding hydrogens is 284 g/mol. The van der Waals surface area contributed by atoms with Gasteiger partial charge in [0.05, 0.1) is 13.2 Å². The Balaban J connectivity index is 2.39. The summed E-state index contributed by atoms with van der Waals surface area (Å²) < 4.78 is 10.2. The van der Waals surface area contributed by atoms with Crippen LogP contribution in [0.4, 0.5) is 4.79 Å². The summed E-state index contributed by atoms with van der Waals surface area (Å²) in [5.41, 5.74) is 5.28. The summed E-state index contributed by atoms with van der Waals surface area (Å²) in [6.45, 7) is 4.61. The zero-order chi connectivity index (χ0) is 15.9. The van der Waals surface area contributed by atoms with Gasteiger partial charge in [0.2, 0.25) is 0 Å². The van der Waals surface area contributed by atoms with Gasteiger partial charge in [-0.3, -0.25) is 0 Å². The Morgan fingerprint density at radius 2 is 1.95 bits per heavy atom. The van der Waals surface area contributed by atoms with Gasteiger partial charge in [-0.15, -0.1) is 0 Å². The van der Waals surface area contributed by atoms with Crippen molar-refractivity contribution in [1.29, 1.82) is 0 Å². The predicted molar refractivity (Wildman–Crippen MR) is 81.7 cm³/mol. The fourth-order valence-corrected chi connectivity index (χ4v) is 2.81. The molecule has 0 aromatic heterocycles. The number of hydrogen-bond donors (Lipinski definition) is 1. The van der Waals surface area contributed by atoms with E-state index in [2.05, 4.69) is 11.5 Å². The summed E-state index contributed by atoms with van der Waals surface area (Å²) in [5.74, 6) is -0.482. The molecule has 0 saturated carbocycles. The van der Waals surface area contributed by atoms with E-state index >= 15 is 0 Å². The lowest BCUT2D eigenvalue weighted by molar-refractivity contribution is -0.140. The average molecular weight is 308 g/mol. The lowest BCUT2D eigenvalue weighted by atomic mass is 9.89. The Labute approximate surface area is 131 Å². The van der Waals surface area contributed by atoms with Crippen molar-refractivity contribution in [3.8, 4) is 0 Å². The fraction of sp³-hybridized carbons (Fsp3) is 0.625. The van der Waals surface area contributed by atoms with Crippen LogP contribution in [0, 0.1) is 0 Å². The first-order valence-corrected chi connectivity index (χ1v) is 7.99. The minimum absolute atomic E-state index is 0.255. The van der Waals surface area contributed by atoms with E-state index in [-0.39, 0.29) is 18.9 Å². The number of nitrogens with zero attached hydrogens (tertiary/aromatic N) is 1. The number of rotatable bonds is 4. The first-order valence-electron chi connectivity index (χ1n) is 7.99. The van der Waals surface area contributed by atoms with Crippen LogP contribution in [0.2, 0.25) is 0 Å². The number of hydrazine groups is 1. The highest BCUT2D eigenvalue weighted by molar-refractivity contribution is 5.94. The van der Waals surface area contributed by atoms with Gasteiger partial charge in [-0.25, -0.2) is 20.0 Å². The number of esters is 1. The normalized spacial score (nSPS) is 18.8. The smallest absolute Gasteiger partial charge is 0.429 e. The van der Waals surface area contributed by atoms with E-state index in [0.29, 0.717) is 13.0 Å². The van der Waals surface area contributed by atoms with Gasteiger partial charge < -0.3 is 9.47 Å². The van der Waals surface area contributed by atoms with Crippen LogP contribution in [0.5, 0.6) is 0 Å². The molecule has 0 unspecified atom stereocenters. The topological polar surface area (TPSA) is 67.9 Å². The van der Waals surface area contributed by atoms with Gasteiger partial charge in [0.25, 0.3) is 0 Å². The highest BCUT2D eigenvalue weighted by Crippen LogP contribution is 2.31. The van der Waals surface area contributed by atoms with Crippen LogP contribution in [0.3, 0.4) is 0 Å². The van der Waals surface area contributed by atoms with E-state index in [4.69, 9.17) is 9.47 Å². The third-order valence-corrected chi connectivity index (χ3v) is 3.75. The molecule has 2 rings (SSSR count). The Kier molecular flexibility index (Phi) is 6.00. The first kappa shape index (κ1) is 16.5. The van der Waals surface area contributed by atoms with Crippen LogP contribution in [-0.4, -0.2) is 36.8 Å². The molecule has 0 bridgehead atoms. The van der Waals surface area contributed by atoms with Crippen LogP contribution in [0.25, 0.3) is 0 Å². The molecule has 6 heteroatoms. The van der Waals surface area contributed by atoms with Crippen molar-refractivity contribution in [2.75, 3.05) is 19.8 Å². The SMILES string of the molecule is CCOC(=O)C1=C(C2=CCCCC2)CCNN1C(=O)OCC. The molecule has 0 radical (unpaired) electrons. The maximum absolute atomic E-state index is 12.4. The Morgan fingerprint density at radius 1 is 1.18 bits per heavy atom. The lowest BCUT2D eigenvalue weighted by Crippen LogP contribution is -2.49. The summed E-state index contributed by atoms with van der Waals surface area (Å²) >= 11 is 0. The van der Waals surface area contributed by atoms with E-state index in [1.165, 1.54) is 11.4 Å². The average Bonchev–Trinajstić information content (AvgIpc) is 2.55. The molecule has 2 aliphatic rings. The number of ether oxygens (including phenoxy) is 2. The maximum Gasteiger partial charge on any atom is 0.429 e. The molecule has 1 amide bonds. The van der Waals surface area contributed by atoms with E-state index < -0.39 is 12.1 Å². The largest absolute Gasteiger partial charge is 0.461 e. The minimum Gasteiger partial charge on any atom is -0.461 e. The highest BCUT2D eigenvalue weighted by atomic mass is 16.6. The molecule has 6 nitrogen and oxygen atoms in total. The maximum atomic E-state index is 12.4. The van der Waals surface area contributed by atoms with Crippen molar-refractivity contribution in [2.24, 2.45) is 0 Å². The molecule has 1 aliphatic carbocycles. The molecule has 0 aromatic rings. The molecule has 0 spiro atoms. The molecule has 0 fully saturated rings. The van der Waals surface area contributed by atoms with Gasteiger partial charge in [-0.2, -0.15) is 0 Å². The van der Waals surface area contributed by atoms with Gasteiger partial charge >= 0.3 is 12.1 Å². The van der Waals surface area contributed by atoms with Crippen LogP contribution >= 0.6 is 0 Å². The second kappa shape index (κ2) is 7.98. The second-order valence-corrected chi connectivity index (χ2v) is 5.22. The quantitative estimate of drug-likeness (QED) is 0.809. The fourth-order valence-electron chi connectivity index (χ4n) is 2.81. The summed E-state index contributed by atoms with van der Waals surface area (Å²) in [6, 6.07) is 0. The van der Waals surface area contributed by atoms with Crippen LogP contribution in [0.15, 0.2) is 22.9 Å². The molecule has 122 valence electrons. The molecule has 22 heavy (non-hydrogen) atoms. The first-order chi connectivity index (χ1) is 10.7. The highest BCUT2D eigenvalue weighted by Gasteiger charge is 2.33. The standard InChI is InChI=1S/C16H24N2O4/c1-3-21-15(19)14-13(12-8-6-5-7-9-12)10-11-17-18(14)16(20)22-4-2/h8,17H,3-7,9-11H2,1-2H3. The van der Waals surface area contributed by atoms with Crippen molar-refractivity contribution in [3.63, 3.8) is 0 Å². The van der Waals surface area contributed by atoms with Gasteiger partial charge in [0, 0.05) is 6.54 Å². The zero-order valence-corrected chi connectivity index (χ0v) is 13.3. The molecule has 0 saturated heterocycles. The number of allylic oxidation sites excluding steroid dienone is 2. The van der Waals surface area contributed by atoms with Crippen LogP contribution < -0.4 is 5.43 Å². The van der Waals surface area contributed by atoms with Crippen molar-refractivity contribution in [3.05, 3.63) is 22.9 Å². The zero-order valence-electron chi connectivity index (χ0n) is 13.3. The number of nitrogens with one attached hydrogen (secondary N) is 1. The monoisotopic (exact) mass is 308 g/mol. The third-order valence-electron chi connectivity index (χ3n) is 3.75.